The number of carbonyl (C=O) groups excluding carboxylic acids is 1. The maximum atomic E-state index is 12.8. The standard InChI is InChI=1S/C18H24N4O2/c1-2-22(13-9-7-12(19)8-10-13)17(23)11-16-14-5-3-4-6-15(14)18(24)21-20-16/h3-6,12-13H,2,7-11,19H2,1H3,(H,21,24). The van der Waals surface area contributed by atoms with E-state index in [1.54, 1.807) is 6.07 Å². The summed E-state index contributed by atoms with van der Waals surface area (Å²) in [4.78, 5) is 26.6. The summed E-state index contributed by atoms with van der Waals surface area (Å²) >= 11 is 0. The van der Waals surface area contributed by atoms with E-state index in [9.17, 15) is 9.59 Å². The van der Waals surface area contributed by atoms with Crippen LogP contribution in [0.4, 0.5) is 0 Å². The Hall–Kier alpha value is -2.21. The molecule has 1 aromatic heterocycles. The molecule has 0 atom stereocenters. The Kier molecular flexibility index (Phi) is 4.94. The second kappa shape index (κ2) is 7.13. The Balaban J connectivity index is 1.81. The highest BCUT2D eigenvalue weighted by molar-refractivity contribution is 5.88. The Morgan fingerprint density at radius 3 is 2.58 bits per heavy atom. The van der Waals surface area contributed by atoms with Crippen molar-refractivity contribution in [1.29, 1.82) is 0 Å². The highest BCUT2D eigenvalue weighted by atomic mass is 16.2. The Morgan fingerprint density at radius 2 is 1.92 bits per heavy atom. The number of fused-ring (bicyclic) bond motifs is 1. The molecule has 24 heavy (non-hydrogen) atoms. The third-order valence-electron chi connectivity index (χ3n) is 4.94. The zero-order valence-electron chi connectivity index (χ0n) is 14.0. The van der Waals surface area contributed by atoms with Gasteiger partial charge in [0.1, 0.15) is 0 Å². The molecule has 0 aliphatic heterocycles. The lowest BCUT2D eigenvalue weighted by Gasteiger charge is -2.35. The van der Waals surface area contributed by atoms with E-state index in [2.05, 4.69) is 10.2 Å². The molecule has 128 valence electrons. The summed E-state index contributed by atoms with van der Waals surface area (Å²) in [6, 6.07) is 7.79. The molecule has 1 aliphatic rings. The lowest BCUT2D eigenvalue weighted by Crippen LogP contribution is -2.44. The maximum absolute atomic E-state index is 12.8. The van der Waals surface area contributed by atoms with Gasteiger partial charge in [0.15, 0.2) is 0 Å². The van der Waals surface area contributed by atoms with Crippen molar-refractivity contribution in [3.05, 3.63) is 40.3 Å². The van der Waals surface area contributed by atoms with Crippen LogP contribution in [0.15, 0.2) is 29.1 Å². The lowest BCUT2D eigenvalue weighted by atomic mass is 9.90. The average molecular weight is 328 g/mol. The van der Waals surface area contributed by atoms with E-state index in [4.69, 9.17) is 5.73 Å². The van der Waals surface area contributed by atoms with Crippen LogP contribution in [0.2, 0.25) is 0 Å². The number of hydrogen-bond acceptors (Lipinski definition) is 4. The number of aromatic nitrogens is 2. The van der Waals surface area contributed by atoms with Gasteiger partial charge in [-0.1, -0.05) is 18.2 Å². The fourth-order valence-corrected chi connectivity index (χ4v) is 3.60. The summed E-state index contributed by atoms with van der Waals surface area (Å²) < 4.78 is 0. The van der Waals surface area contributed by atoms with E-state index >= 15 is 0 Å². The molecule has 1 aromatic carbocycles. The van der Waals surface area contributed by atoms with Gasteiger partial charge in [-0.2, -0.15) is 5.10 Å². The predicted molar refractivity (Wildman–Crippen MR) is 93.7 cm³/mol. The smallest absolute Gasteiger partial charge is 0.272 e. The van der Waals surface area contributed by atoms with Crippen molar-refractivity contribution in [2.45, 2.75) is 51.1 Å². The first-order valence-electron chi connectivity index (χ1n) is 8.61. The fourth-order valence-electron chi connectivity index (χ4n) is 3.60. The molecule has 3 N–H and O–H groups in total. The highest BCUT2D eigenvalue weighted by Crippen LogP contribution is 2.23. The van der Waals surface area contributed by atoms with Gasteiger partial charge in [-0.05, 0) is 38.7 Å². The van der Waals surface area contributed by atoms with Crippen LogP contribution in [-0.2, 0) is 11.2 Å². The van der Waals surface area contributed by atoms with E-state index in [0.717, 1.165) is 31.1 Å². The quantitative estimate of drug-likeness (QED) is 0.891. The van der Waals surface area contributed by atoms with Gasteiger partial charge in [0, 0.05) is 24.0 Å². The Bertz CT molecular complexity index is 778. The molecule has 3 rings (SSSR count). The summed E-state index contributed by atoms with van der Waals surface area (Å²) in [7, 11) is 0. The molecule has 0 radical (unpaired) electrons. The van der Waals surface area contributed by atoms with Crippen molar-refractivity contribution in [2.24, 2.45) is 5.73 Å². The number of aromatic amines is 1. The van der Waals surface area contributed by atoms with E-state index in [0.29, 0.717) is 17.6 Å². The number of carbonyl (C=O) groups is 1. The number of H-pyrrole nitrogens is 1. The molecule has 1 heterocycles. The number of benzene rings is 1. The first-order chi connectivity index (χ1) is 11.6. The van der Waals surface area contributed by atoms with Crippen LogP contribution in [0.25, 0.3) is 10.8 Å². The minimum Gasteiger partial charge on any atom is -0.340 e. The van der Waals surface area contributed by atoms with Crippen LogP contribution in [0, 0.1) is 0 Å². The molecule has 1 aliphatic carbocycles. The number of nitrogens with zero attached hydrogens (tertiary/aromatic N) is 2. The molecular formula is C18H24N4O2. The van der Waals surface area contributed by atoms with Gasteiger partial charge >= 0.3 is 0 Å². The van der Waals surface area contributed by atoms with Gasteiger partial charge in [0.25, 0.3) is 5.56 Å². The first kappa shape index (κ1) is 16.6. The van der Waals surface area contributed by atoms with Crippen molar-refractivity contribution >= 4 is 16.7 Å². The summed E-state index contributed by atoms with van der Waals surface area (Å²) in [5.41, 5.74) is 6.37. The molecule has 1 saturated carbocycles. The second-order valence-corrected chi connectivity index (χ2v) is 6.47. The van der Waals surface area contributed by atoms with Gasteiger partial charge in [-0.25, -0.2) is 5.10 Å². The van der Waals surface area contributed by atoms with Crippen molar-refractivity contribution in [3.8, 4) is 0 Å². The van der Waals surface area contributed by atoms with Crippen LogP contribution in [-0.4, -0.2) is 39.6 Å². The van der Waals surface area contributed by atoms with Crippen LogP contribution in [0.3, 0.4) is 0 Å². The predicted octanol–water partition coefficient (Wildman–Crippen LogP) is 1.58. The number of nitrogens with one attached hydrogen (secondary N) is 1. The maximum Gasteiger partial charge on any atom is 0.272 e. The molecule has 1 fully saturated rings. The zero-order chi connectivity index (χ0) is 17.1. The fraction of sp³-hybridized carbons (Fsp3) is 0.500. The van der Waals surface area contributed by atoms with E-state index < -0.39 is 0 Å². The highest BCUT2D eigenvalue weighted by Gasteiger charge is 2.27. The lowest BCUT2D eigenvalue weighted by molar-refractivity contribution is -0.133. The third-order valence-corrected chi connectivity index (χ3v) is 4.94. The van der Waals surface area contributed by atoms with Gasteiger partial charge in [0.05, 0.1) is 17.5 Å². The van der Waals surface area contributed by atoms with Crippen molar-refractivity contribution < 1.29 is 4.79 Å². The molecule has 0 saturated heterocycles. The SMILES string of the molecule is CCN(C(=O)Cc1n[nH]c(=O)c2ccccc12)C1CCC(N)CC1. The van der Waals surface area contributed by atoms with Crippen molar-refractivity contribution in [3.63, 3.8) is 0 Å². The number of nitrogens with two attached hydrogens (primary N) is 1. The molecule has 6 nitrogen and oxygen atoms in total. The van der Waals surface area contributed by atoms with Gasteiger partial charge in [-0.15, -0.1) is 0 Å². The summed E-state index contributed by atoms with van der Waals surface area (Å²) in [5.74, 6) is 0.0580. The minimum atomic E-state index is -0.226. The largest absolute Gasteiger partial charge is 0.340 e. The van der Waals surface area contributed by atoms with Crippen LogP contribution in [0.5, 0.6) is 0 Å². The Morgan fingerprint density at radius 1 is 1.25 bits per heavy atom. The third kappa shape index (κ3) is 3.33. The van der Waals surface area contributed by atoms with Crippen LogP contribution in [0.1, 0.15) is 38.3 Å². The average Bonchev–Trinajstić information content (AvgIpc) is 2.60. The molecule has 2 aromatic rings. The molecule has 0 spiro atoms. The molecule has 1 amide bonds. The summed E-state index contributed by atoms with van der Waals surface area (Å²) in [6.45, 7) is 2.69. The van der Waals surface area contributed by atoms with Gasteiger partial charge in [-0.3, -0.25) is 9.59 Å². The molecule has 0 unspecified atom stereocenters. The summed E-state index contributed by atoms with van der Waals surface area (Å²) in [5, 5.41) is 7.93. The topological polar surface area (TPSA) is 92.1 Å². The number of likely N-dealkylation sites (N-methyl/N-ethyl adjacent to an activating group) is 1. The number of rotatable bonds is 4. The van der Waals surface area contributed by atoms with Gasteiger partial charge in [0.2, 0.25) is 5.91 Å². The first-order valence-corrected chi connectivity index (χ1v) is 8.61. The normalized spacial score (nSPS) is 20.9. The number of hydrogen-bond donors (Lipinski definition) is 2. The zero-order valence-corrected chi connectivity index (χ0v) is 14.0. The summed E-state index contributed by atoms with van der Waals surface area (Å²) in [6.07, 6.45) is 4.05. The van der Waals surface area contributed by atoms with Crippen LogP contribution < -0.4 is 11.3 Å². The monoisotopic (exact) mass is 328 g/mol. The molecule has 6 heteroatoms. The van der Waals surface area contributed by atoms with E-state index in [1.807, 2.05) is 30.0 Å². The second-order valence-electron chi connectivity index (χ2n) is 6.47. The van der Waals surface area contributed by atoms with Gasteiger partial charge < -0.3 is 10.6 Å². The van der Waals surface area contributed by atoms with Crippen LogP contribution >= 0.6 is 0 Å². The minimum absolute atomic E-state index is 0.0580. The number of amides is 1. The molecular weight excluding hydrogens is 304 g/mol. The van der Waals surface area contributed by atoms with E-state index in [1.165, 1.54) is 0 Å². The van der Waals surface area contributed by atoms with Crippen molar-refractivity contribution in [1.82, 2.24) is 15.1 Å². The molecule has 0 bridgehead atoms. The van der Waals surface area contributed by atoms with Crippen molar-refractivity contribution in [2.75, 3.05) is 6.54 Å². The van der Waals surface area contributed by atoms with E-state index in [-0.39, 0.29) is 30.0 Å². The Labute approximate surface area is 141 Å².